The molecule has 0 radical (unpaired) electrons. The summed E-state index contributed by atoms with van der Waals surface area (Å²) in [6, 6.07) is 9.40. The van der Waals surface area contributed by atoms with Crippen LogP contribution in [-0.4, -0.2) is 89.8 Å². The molecular weight excluding hydrogens is 568 g/mol. The zero-order chi connectivity index (χ0) is 31.1. The molecule has 0 amide bonds. The highest BCUT2D eigenvalue weighted by Gasteiger charge is 2.54. The van der Waals surface area contributed by atoms with Crippen LogP contribution in [0.4, 0.5) is 0 Å². The summed E-state index contributed by atoms with van der Waals surface area (Å²) in [7, 11) is 9.10. The molecule has 6 rings (SSSR count). The van der Waals surface area contributed by atoms with E-state index < -0.39 is 24.1 Å². The topological polar surface area (TPSA) is 118 Å². The molecule has 3 heterocycles. The smallest absolute Gasteiger partial charge is 0.338 e. The van der Waals surface area contributed by atoms with Crippen molar-refractivity contribution >= 4 is 22.8 Å². The molecule has 2 fully saturated rings. The van der Waals surface area contributed by atoms with E-state index >= 15 is 0 Å². The van der Waals surface area contributed by atoms with Crippen molar-refractivity contribution < 1.29 is 42.7 Å². The lowest BCUT2D eigenvalue weighted by molar-refractivity contribution is -0.176. The van der Waals surface area contributed by atoms with Crippen LogP contribution in [0.15, 0.2) is 30.3 Å². The second kappa shape index (κ2) is 12.2. The molecule has 3 unspecified atom stereocenters. The van der Waals surface area contributed by atoms with Crippen LogP contribution >= 0.6 is 0 Å². The lowest BCUT2D eigenvalue weighted by atomic mass is 9.63. The molecule has 0 spiro atoms. The molecule has 1 aliphatic carbocycles. The quantitative estimate of drug-likeness (QED) is 0.374. The first-order valence-electron chi connectivity index (χ1n) is 14.9. The number of carbonyl (C=O) groups excluding carboxylic acids is 2. The Kier molecular flexibility index (Phi) is 8.34. The third-order valence-corrected chi connectivity index (χ3v) is 9.76. The summed E-state index contributed by atoms with van der Waals surface area (Å²) in [5.41, 5.74) is 3.83. The molecule has 1 saturated carbocycles. The van der Waals surface area contributed by atoms with Crippen molar-refractivity contribution in [2.45, 2.75) is 37.5 Å². The molecule has 1 N–H and O–H groups in total. The number of aromatic nitrogens is 1. The lowest BCUT2D eigenvalue weighted by Crippen LogP contribution is -2.58. The van der Waals surface area contributed by atoms with Crippen LogP contribution in [0.5, 0.6) is 23.0 Å². The van der Waals surface area contributed by atoms with Crippen molar-refractivity contribution in [1.29, 1.82) is 0 Å². The fourth-order valence-corrected chi connectivity index (χ4v) is 7.76. The Hall–Kier alpha value is -3.96. The number of methoxy groups -OCH3 is 6. The third-order valence-electron chi connectivity index (χ3n) is 9.76. The van der Waals surface area contributed by atoms with Gasteiger partial charge in [0.15, 0.2) is 11.5 Å². The Morgan fingerprint density at radius 3 is 2.30 bits per heavy atom. The van der Waals surface area contributed by atoms with E-state index in [0.717, 1.165) is 37.2 Å². The standard InChI is InChI=1S/C33H40N2O9/c1-38-19-7-8-20-21-9-10-35-16-18-13-27(44-32(36)17-11-25(39-2)30(41-4)26(12-17)40-3)31(42-5)28(33(37)43-6)22(18)15-24(35)29(21)34-23(20)14-19/h7-8,11-12,14,18,22,24,27-28,31,34H,9-10,13,15-16H2,1-6H3/t18-,22-,24+,27?,28?,31?/m1/s1. The number of esters is 2. The number of fused-ring (bicyclic) bond motifs is 6. The van der Waals surface area contributed by atoms with Crippen LogP contribution in [0.1, 0.15) is 40.5 Å². The van der Waals surface area contributed by atoms with E-state index in [2.05, 4.69) is 16.0 Å². The van der Waals surface area contributed by atoms with E-state index in [-0.39, 0.29) is 29.4 Å². The summed E-state index contributed by atoms with van der Waals surface area (Å²) in [5.74, 6) is 0.441. The predicted molar refractivity (Wildman–Crippen MR) is 161 cm³/mol. The van der Waals surface area contributed by atoms with Gasteiger partial charge in [0.2, 0.25) is 5.75 Å². The Bertz CT molecular complexity index is 1530. The maximum atomic E-state index is 13.5. The largest absolute Gasteiger partial charge is 0.497 e. The van der Waals surface area contributed by atoms with Crippen LogP contribution in [0, 0.1) is 17.8 Å². The van der Waals surface area contributed by atoms with Gasteiger partial charge in [0.1, 0.15) is 18.0 Å². The molecule has 3 aromatic rings. The Morgan fingerprint density at radius 2 is 1.66 bits per heavy atom. The number of rotatable bonds is 8. The highest BCUT2D eigenvalue weighted by molar-refractivity contribution is 5.91. The van der Waals surface area contributed by atoms with E-state index in [1.54, 1.807) is 26.4 Å². The first kappa shape index (κ1) is 30.1. The minimum atomic E-state index is -0.670. The van der Waals surface area contributed by atoms with Crippen LogP contribution in [0.2, 0.25) is 0 Å². The highest BCUT2D eigenvalue weighted by atomic mass is 16.6. The van der Waals surface area contributed by atoms with Crippen LogP contribution in [-0.2, 0) is 25.4 Å². The molecule has 3 aliphatic rings. The fourth-order valence-electron chi connectivity index (χ4n) is 7.76. The second-order valence-electron chi connectivity index (χ2n) is 11.7. The van der Waals surface area contributed by atoms with Crippen LogP contribution in [0.3, 0.4) is 0 Å². The average Bonchev–Trinajstić information content (AvgIpc) is 3.43. The highest BCUT2D eigenvalue weighted by Crippen LogP contribution is 2.51. The first-order chi connectivity index (χ1) is 21.3. The predicted octanol–water partition coefficient (Wildman–Crippen LogP) is 4.17. The van der Waals surface area contributed by atoms with Crippen LogP contribution < -0.4 is 18.9 Å². The van der Waals surface area contributed by atoms with Crippen molar-refractivity contribution in [3.63, 3.8) is 0 Å². The summed E-state index contributed by atoms with van der Waals surface area (Å²) >= 11 is 0. The lowest BCUT2D eigenvalue weighted by Gasteiger charge is -2.52. The summed E-state index contributed by atoms with van der Waals surface area (Å²) < 4.78 is 39.1. The number of H-pyrrole nitrogens is 1. The summed E-state index contributed by atoms with van der Waals surface area (Å²) in [6.07, 6.45) is 0.920. The van der Waals surface area contributed by atoms with Crippen molar-refractivity contribution in [3.8, 4) is 23.0 Å². The zero-order valence-corrected chi connectivity index (χ0v) is 26.0. The summed E-state index contributed by atoms with van der Waals surface area (Å²) in [4.78, 5) is 33.1. The Balaban J connectivity index is 1.29. The van der Waals surface area contributed by atoms with Gasteiger partial charge in [-0.05, 0) is 60.9 Å². The van der Waals surface area contributed by atoms with Crippen LogP contribution in [0.25, 0.3) is 10.9 Å². The normalized spacial score (nSPS) is 26.1. The SMILES string of the molecule is COC(=O)C1C(OC)C(OC(=O)c2cc(OC)c(OC)c(OC)c2)C[C@@H]2CN3CCc4c([nH]c5cc(OC)ccc45)[C@@H]3C[C@@H]12. The van der Waals surface area contributed by atoms with E-state index in [1.807, 2.05) is 12.1 Å². The van der Waals surface area contributed by atoms with Gasteiger partial charge in [-0.15, -0.1) is 0 Å². The van der Waals surface area contributed by atoms with Crippen molar-refractivity contribution in [2.75, 3.05) is 55.7 Å². The van der Waals surface area contributed by atoms with Gasteiger partial charge in [-0.1, -0.05) is 0 Å². The maximum absolute atomic E-state index is 13.5. The van der Waals surface area contributed by atoms with Gasteiger partial charge in [0.25, 0.3) is 0 Å². The van der Waals surface area contributed by atoms with Crippen molar-refractivity contribution in [1.82, 2.24) is 9.88 Å². The molecule has 1 saturated heterocycles. The average molecular weight is 609 g/mol. The first-order valence-corrected chi connectivity index (χ1v) is 14.9. The van der Waals surface area contributed by atoms with E-state index in [4.69, 9.17) is 33.2 Å². The van der Waals surface area contributed by atoms with Gasteiger partial charge in [0, 0.05) is 42.9 Å². The van der Waals surface area contributed by atoms with Gasteiger partial charge in [-0.2, -0.15) is 0 Å². The number of hydrogen-bond acceptors (Lipinski definition) is 10. The maximum Gasteiger partial charge on any atom is 0.338 e. The number of carbonyl (C=O) groups is 2. The van der Waals surface area contributed by atoms with E-state index in [0.29, 0.717) is 23.7 Å². The summed E-state index contributed by atoms with van der Waals surface area (Å²) in [5, 5.41) is 1.21. The molecule has 1 aromatic heterocycles. The number of nitrogens with one attached hydrogen (secondary N) is 1. The van der Waals surface area contributed by atoms with Crippen molar-refractivity contribution in [3.05, 3.63) is 47.2 Å². The second-order valence-corrected chi connectivity index (χ2v) is 11.7. The Labute approximate surface area is 256 Å². The van der Waals surface area contributed by atoms with Gasteiger partial charge < -0.3 is 38.1 Å². The third kappa shape index (κ3) is 5.01. The number of hydrogen-bond donors (Lipinski definition) is 1. The van der Waals surface area contributed by atoms with Gasteiger partial charge in [0.05, 0.1) is 53.1 Å². The minimum absolute atomic E-state index is 0.0170. The number of nitrogens with zero attached hydrogens (tertiary/aromatic N) is 1. The monoisotopic (exact) mass is 608 g/mol. The molecule has 11 nitrogen and oxygen atoms in total. The Morgan fingerprint density at radius 1 is 0.909 bits per heavy atom. The van der Waals surface area contributed by atoms with Crippen molar-refractivity contribution in [2.24, 2.45) is 17.8 Å². The van der Waals surface area contributed by atoms with Gasteiger partial charge >= 0.3 is 11.9 Å². The number of ether oxygens (including phenoxy) is 7. The molecule has 2 aliphatic heterocycles. The van der Waals surface area contributed by atoms with Gasteiger partial charge in [-0.25, -0.2) is 4.79 Å². The van der Waals surface area contributed by atoms with E-state index in [9.17, 15) is 9.59 Å². The molecule has 11 heteroatoms. The molecule has 2 aromatic carbocycles. The zero-order valence-electron chi connectivity index (χ0n) is 26.0. The molecule has 44 heavy (non-hydrogen) atoms. The molecular formula is C33H40N2O9. The molecule has 6 atom stereocenters. The van der Waals surface area contributed by atoms with Gasteiger partial charge in [-0.3, -0.25) is 9.69 Å². The molecule has 0 bridgehead atoms. The number of aromatic amines is 1. The summed E-state index contributed by atoms with van der Waals surface area (Å²) in [6.45, 7) is 1.68. The number of piperidine rings is 1. The minimum Gasteiger partial charge on any atom is -0.497 e. The number of benzene rings is 2. The molecule has 236 valence electrons. The fraction of sp³-hybridized carbons (Fsp3) is 0.515. The van der Waals surface area contributed by atoms with E-state index in [1.165, 1.54) is 45.1 Å².